The molecule has 0 amide bonds. The van der Waals surface area contributed by atoms with Gasteiger partial charge in [0.15, 0.2) is 0 Å². The van der Waals surface area contributed by atoms with Crippen LogP contribution < -0.4 is 0 Å². The Morgan fingerprint density at radius 1 is 1.00 bits per heavy atom. The Hall–Kier alpha value is 2.45. The van der Waals surface area contributed by atoms with Gasteiger partial charge in [0.1, 0.15) is 0 Å². The Labute approximate surface area is 83.1 Å². The second-order valence-electron chi connectivity index (χ2n) is 0. The zero-order valence-electron chi connectivity index (χ0n) is 2.01. The van der Waals surface area contributed by atoms with Crippen molar-refractivity contribution in [3.8, 4) is 0 Å². The fraction of sp³-hybridized carbons (Fsp3) is 0. The van der Waals surface area contributed by atoms with Crippen molar-refractivity contribution in [1.29, 1.82) is 0 Å². The zero-order valence-corrected chi connectivity index (χ0v) is 9.32. The van der Waals surface area contributed by atoms with Crippen molar-refractivity contribution in [2.24, 2.45) is 0 Å². The molecule has 0 saturated carbocycles. The minimum atomic E-state index is 0. The molecule has 0 rings (SSSR count). The van der Waals surface area contributed by atoms with Gasteiger partial charge in [-0.1, -0.05) is 0 Å². The van der Waals surface area contributed by atoms with Crippen LogP contribution in [0.25, 0.3) is 0 Å². The standard InChI is InChI=1S/B.Co.Cr.Pt.Re. The molecular weight excluding hydrogens is 503 g/mol. The molecule has 0 aliphatic rings. The van der Waals surface area contributed by atoms with E-state index in [9.17, 15) is 0 Å². The molecule has 0 heterocycles. The molecule has 35 valence electrons. The molecular formula is BCoCrPtRe. The Bertz CT molecular complexity index is 11.6. The molecule has 0 nitrogen and oxygen atoms in total. The topological polar surface area (TPSA) is 0 Å². The third-order valence-corrected chi connectivity index (χ3v) is 0. The first kappa shape index (κ1) is 51.5. The van der Waals surface area contributed by atoms with Gasteiger partial charge in [-0.05, 0) is 0 Å². The summed E-state index contributed by atoms with van der Waals surface area (Å²) in [5, 5.41) is 0. The van der Waals surface area contributed by atoms with Gasteiger partial charge in [-0.2, -0.15) is 0 Å². The molecule has 0 N–H and O–H groups in total. The van der Waals surface area contributed by atoms with Crippen LogP contribution in [0.2, 0.25) is 0 Å². The van der Waals surface area contributed by atoms with Gasteiger partial charge in [-0.15, -0.1) is 0 Å². The van der Waals surface area contributed by atoms with E-state index in [2.05, 4.69) is 0 Å². The molecule has 0 saturated heterocycles. The van der Waals surface area contributed by atoms with Crippen LogP contribution in [-0.4, -0.2) is 8.41 Å². The van der Waals surface area contributed by atoms with Gasteiger partial charge in [0.2, 0.25) is 0 Å². The fourth-order valence-electron chi connectivity index (χ4n) is 0. The monoisotopic (exact) mass is 504 g/mol. The molecule has 5 radical (unpaired) electrons. The minimum Gasteiger partial charge on any atom is 0 e. The van der Waals surface area contributed by atoms with E-state index in [-0.39, 0.29) is 84.0 Å². The summed E-state index contributed by atoms with van der Waals surface area (Å²) in [6.45, 7) is 0. The normalized spacial score (nSPS) is 0. The van der Waals surface area contributed by atoms with Crippen molar-refractivity contribution in [1.82, 2.24) is 0 Å². The van der Waals surface area contributed by atoms with Gasteiger partial charge >= 0.3 is 0 Å². The van der Waals surface area contributed by atoms with Gasteiger partial charge < -0.3 is 0 Å². The van der Waals surface area contributed by atoms with E-state index < -0.39 is 0 Å². The van der Waals surface area contributed by atoms with E-state index in [0.717, 1.165) is 0 Å². The third-order valence-electron chi connectivity index (χ3n) is 0. The molecule has 5 heteroatoms. The summed E-state index contributed by atoms with van der Waals surface area (Å²) >= 11 is 0. The maximum Gasteiger partial charge on any atom is 0 e. The van der Waals surface area contributed by atoms with E-state index in [1.165, 1.54) is 0 Å². The summed E-state index contributed by atoms with van der Waals surface area (Å²) in [6.07, 6.45) is 0. The summed E-state index contributed by atoms with van der Waals surface area (Å²) < 4.78 is 0. The molecule has 0 aromatic rings. The first-order valence-electron chi connectivity index (χ1n) is 0. The summed E-state index contributed by atoms with van der Waals surface area (Å²) in [7, 11) is 0. The third kappa shape index (κ3) is 21.3. The maximum absolute atomic E-state index is 0. The number of rotatable bonds is 0. The van der Waals surface area contributed by atoms with Gasteiger partial charge in [-0.3, -0.25) is 0 Å². The van der Waals surface area contributed by atoms with Crippen LogP contribution in [0.1, 0.15) is 0 Å². The van der Waals surface area contributed by atoms with Crippen LogP contribution in [0, 0.1) is 0 Å². The first-order chi connectivity index (χ1) is 0. The van der Waals surface area contributed by atoms with Gasteiger partial charge in [-0.25, -0.2) is 0 Å². The molecule has 0 spiro atoms. The molecule has 0 aliphatic carbocycles. The van der Waals surface area contributed by atoms with Crippen molar-refractivity contribution in [3.63, 3.8) is 0 Å². The average Bonchev–Trinajstić information content (AvgIpc) is 0. The van der Waals surface area contributed by atoms with E-state index in [1.54, 1.807) is 0 Å². The molecule has 5 heavy (non-hydrogen) atoms. The van der Waals surface area contributed by atoms with E-state index in [0.29, 0.717) is 0 Å². The molecule has 0 aromatic carbocycles. The van der Waals surface area contributed by atoms with Crippen molar-refractivity contribution in [2.75, 3.05) is 0 Å². The van der Waals surface area contributed by atoms with Gasteiger partial charge in [0, 0.05) is 84.0 Å². The van der Waals surface area contributed by atoms with Crippen LogP contribution in [-0.2, 0) is 75.6 Å². The van der Waals surface area contributed by atoms with Crippen molar-refractivity contribution in [2.45, 2.75) is 0 Å². The maximum atomic E-state index is 0. The summed E-state index contributed by atoms with van der Waals surface area (Å²) in [5.74, 6) is 0. The van der Waals surface area contributed by atoms with Crippen LogP contribution in [0.4, 0.5) is 0 Å². The van der Waals surface area contributed by atoms with Crippen LogP contribution in [0.5, 0.6) is 0 Å². The predicted molar refractivity (Wildman–Crippen MR) is 5.75 cm³/mol. The van der Waals surface area contributed by atoms with Crippen molar-refractivity contribution < 1.29 is 75.6 Å². The Kier molecular flexibility index (Phi) is 329. The Morgan fingerprint density at radius 2 is 1.00 bits per heavy atom. The van der Waals surface area contributed by atoms with E-state index in [4.69, 9.17) is 0 Å². The average molecular weight is 503 g/mol. The van der Waals surface area contributed by atoms with Crippen LogP contribution in [0.15, 0.2) is 0 Å². The fourth-order valence-corrected chi connectivity index (χ4v) is 0. The molecule has 0 aromatic heterocycles. The SMILES string of the molecule is [B].[Co].[Cr].[Pt].[Re]. The van der Waals surface area contributed by atoms with E-state index in [1.807, 2.05) is 0 Å². The quantitative estimate of drug-likeness (QED) is 0.396. The second-order valence-corrected chi connectivity index (χ2v) is 0. The Morgan fingerprint density at radius 3 is 1.00 bits per heavy atom. The number of hydrogen-bond acceptors (Lipinski definition) is 0. The molecule has 0 fully saturated rings. The summed E-state index contributed by atoms with van der Waals surface area (Å²) in [6, 6.07) is 0. The van der Waals surface area contributed by atoms with Crippen LogP contribution in [0.3, 0.4) is 0 Å². The second kappa shape index (κ2) is 31.9. The Balaban J connectivity index is 0. The molecule has 0 unspecified atom stereocenters. The van der Waals surface area contributed by atoms with E-state index >= 15 is 0 Å². The summed E-state index contributed by atoms with van der Waals surface area (Å²) in [4.78, 5) is 0. The molecule has 0 atom stereocenters. The zero-order chi connectivity index (χ0) is 0. The van der Waals surface area contributed by atoms with Gasteiger partial charge in [0.25, 0.3) is 0 Å². The summed E-state index contributed by atoms with van der Waals surface area (Å²) in [5.41, 5.74) is 0. The first-order valence-corrected chi connectivity index (χ1v) is 0. The predicted octanol–water partition coefficient (Wildman–Crippen LogP) is -0.391. The van der Waals surface area contributed by atoms with Crippen LogP contribution >= 0.6 is 0 Å². The largest absolute Gasteiger partial charge is 0 e. The van der Waals surface area contributed by atoms with Crippen molar-refractivity contribution in [3.05, 3.63) is 0 Å². The van der Waals surface area contributed by atoms with Gasteiger partial charge in [0.05, 0.1) is 0 Å². The molecule has 0 aliphatic heterocycles. The smallest absolute Gasteiger partial charge is 0 e. The minimum absolute atomic E-state index is 0. The molecule has 0 bridgehead atoms. The van der Waals surface area contributed by atoms with Crippen molar-refractivity contribution >= 4 is 8.41 Å². The number of hydrogen-bond donors (Lipinski definition) is 0.